The first kappa shape index (κ1) is 14.9. The van der Waals surface area contributed by atoms with Crippen LogP contribution in [0, 0.1) is 0 Å². The largest absolute Gasteiger partial charge is 0.383 e. The van der Waals surface area contributed by atoms with Crippen molar-refractivity contribution in [3.8, 4) is 0 Å². The van der Waals surface area contributed by atoms with Crippen LogP contribution in [-0.2, 0) is 6.42 Å². The number of aromatic nitrogens is 1. The summed E-state index contributed by atoms with van der Waals surface area (Å²) in [6.45, 7) is 4.50. The average molecular weight is 250 g/mol. The molecule has 102 valence electrons. The van der Waals surface area contributed by atoms with Crippen LogP contribution >= 0.6 is 0 Å². The van der Waals surface area contributed by atoms with Gasteiger partial charge in [0.15, 0.2) is 0 Å². The molecule has 0 aliphatic rings. The first-order valence-electron chi connectivity index (χ1n) is 6.49. The first-order valence-corrected chi connectivity index (χ1v) is 6.49. The Hall–Kier alpha value is -1.13. The van der Waals surface area contributed by atoms with Gasteiger partial charge in [0.2, 0.25) is 0 Å². The summed E-state index contributed by atoms with van der Waals surface area (Å²) < 4.78 is 0. The Bertz CT molecular complexity index is 378. The molecule has 0 bridgehead atoms. The molecule has 2 unspecified atom stereocenters. The topological polar surface area (TPSA) is 54.2 Å². The van der Waals surface area contributed by atoms with E-state index >= 15 is 0 Å². The monoisotopic (exact) mass is 250 g/mol. The van der Waals surface area contributed by atoms with Gasteiger partial charge >= 0.3 is 0 Å². The number of hydrogen-bond acceptors (Lipinski definition) is 4. The minimum absolute atomic E-state index is 0.0943. The van der Waals surface area contributed by atoms with Crippen LogP contribution in [0.4, 0.5) is 5.82 Å². The molecule has 0 radical (unpaired) electrons. The second-order valence-corrected chi connectivity index (χ2v) is 5.20. The van der Waals surface area contributed by atoms with E-state index in [9.17, 15) is 0 Å². The van der Waals surface area contributed by atoms with Crippen LogP contribution < -0.4 is 11.1 Å². The fourth-order valence-electron chi connectivity index (χ4n) is 2.35. The molecule has 2 atom stereocenters. The highest BCUT2D eigenvalue weighted by atomic mass is 15.2. The van der Waals surface area contributed by atoms with Gasteiger partial charge < -0.3 is 16.0 Å². The molecule has 1 aromatic heterocycles. The maximum atomic E-state index is 5.93. The number of nitrogen functional groups attached to an aromatic ring is 1. The lowest BCUT2D eigenvalue weighted by Crippen LogP contribution is -2.57. The maximum Gasteiger partial charge on any atom is 0.126 e. The fourth-order valence-corrected chi connectivity index (χ4v) is 2.35. The third-order valence-corrected chi connectivity index (χ3v) is 4.19. The van der Waals surface area contributed by atoms with Crippen LogP contribution in [-0.4, -0.2) is 42.6 Å². The molecule has 1 aromatic rings. The van der Waals surface area contributed by atoms with Gasteiger partial charge in [0.25, 0.3) is 0 Å². The normalized spacial score (nSPS) is 16.6. The number of anilines is 1. The molecular weight excluding hydrogens is 224 g/mol. The van der Waals surface area contributed by atoms with Crippen LogP contribution in [0.3, 0.4) is 0 Å². The smallest absolute Gasteiger partial charge is 0.126 e. The van der Waals surface area contributed by atoms with E-state index in [0.717, 1.165) is 18.4 Å². The molecule has 0 aliphatic carbocycles. The van der Waals surface area contributed by atoms with Crippen LogP contribution in [0.1, 0.15) is 25.8 Å². The number of nitrogens with zero attached hydrogens (tertiary/aromatic N) is 2. The highest BCUT2D eigenvalue weighted by Crippen LogP contribution is 2.24. The molecule has 4 heteroatoms. The predicted octanol–water partition coefficient (Wildman–Crippen LogP) is 1.52. The van der Waals surface area contributed by atoms with Crippen molar-refractivity contribution in [2.24, 2.45) is 0 Å². The van der Waals surface area contributed by atoms with Crippen LogP contribution in [0.2, 0.25) is 0 Å². The van der Waals surface area contributed by atoms with Crippen molar-refractivity contribution in [1.82, 2.24) is 15.2 Å². The summed E-state index contributed by atoms with van der Waals surface area (Å²) in [4.78, 5) is 6.43. The molecule has 0 saturated carbocycles. The van der Waals surface area contributed by atoms with E-state index in [1.165, 1.54) is 0 Å². The van der Waals surface area contributed by atoms with E-state index in [0.29, 0.717) is 11.9 Å². The maximum absolute atomic E-state index is 5.93. The standard InChI is InChI=1S/C14H26N4/c1-6-14(2,18(4)5)12(16-3)10-11-8-7-9-17-13(11)15/h7-9,12,16H,6,10H2,1-5H3,(H2,15,17). The van der Waals surface area contributed by atoms with Crippen molar-refractivity contribution < 1.29 is 0 Å². The SMILES string of the molecule is CCC(C)(C(Cc1cccnc1N)NC)N(C)C. The predicted molar refractivity (Wildman–Crippen MR) is 77.6 cm³/mol. The summed E-state index contributed by atoms with van der Waals surface area (Å²) in [5.41, 5.74) is 7.14. The van der Waals surface area contributed by atoms with Crippen molar-refractivity contribution in [2.75, 3.05) is 26.9 Å². The summed E-state index contributed by atoms with van der Waals surface area (Å²) in [5, 5.41) is 3.43. The molecule has 0 spiro atoms. The number of likely N-dealkylation sites (N-methyl/N-ethyl adjacent to an activating group) is 2. The number of pyridine rings is 1. The Kier molecular flexibility index (Phi) is 5.11. The minimum atomic E-state index is 0.0943. The highest BCUT2D eigenvalue weighted by molar-refractivity contribution is 5.39. The van der Waals surface area contributed by atoms with E-state index in [2.05, 4.69) is 49.2 Å². The van der Waals surface area contributed by atoms with Gasteiger partial charge in [-0.1, -0.05) is 13.0 Å². The zero-order valence-corrected chi connectivity index (χ0v) is 12.2. The number of nitrogens with two attached hydrogens (primary N) is 1. The molecule has 0 aromatic carbocycles. The second kappa shape index (κ2) is 6.16. The lowest BCUT2D eigenvalue weighted by Gasteiger charge is -2.42. The van der Waals surface area contributed by atoms with Gasteiger partial charge in [0, 0.05) is 17.8 Å². The van der Waals surface area contributed by atoms with Gasteiger partial charge in [0.05, 0.1) is 0 Å². The first-order chi connectivity index (χ1) is 8.45. The van der Waals surface area contributed by atoms with Crippen LogP contribution in [0.5, 0.6) is 0 Å². The highest BCUT2D eigenvalue weighted by Gasteiger charge is 2.34. The number of nitrogens with one attached hydrogen (secondary N) is 1. The van der Waals surface area contributed by atoms with Gasteiger partial charge in [-0.05, 0) is 52.5 Å². The third-order valence-electron chi connectivity index (χ3n) is 4.19. The summed E-state index contributed by atoms with van der Waals surface area (Å²) in [6, 6.07) is 4.33. The zero-order valence-electron chi connectivity index (χ0n) is 12.2. The second-order valence-electron chi connectivity index (χ2n) is 5.20. The quantitative estimate of drug-likeness (QED) is 0.804. The number of hydrogen-bond donors (Lipinski definition) is 2. The Balaban J connectivity index is 2.94. The van der Waals surface area contributed by atoms with Gasteiger partial charge in [-0.25, -0.2) is 4.98 Å². The lowest BCUT2D eigenvalue weighted by molar-refractivity contribution is 0.116. The van der Waals surface area contributed by atoms with Crippen molar-refractivity contribution >= 4 is 5.82 Å². The van der Waals surface area contributed by atoms with Gasteiger partial charge in [0.1, 0.15) is 5.82 Å². The fraction of sp³-hybridized carbons (Fsp3) is 0.643. The van der Waals surface area contributed by atoms with Crippen molar-refractivity contribution in [2.45, 2.75) is 38.3 Å². The third kappa shape index (κ3) is 3.00. The van der Waals surface area contributed by atoms with E-state index in [1.807, 2.05) is 13.1 Å². The molecule has 1 heterocycles. The van der Waals surface area contributed by atoms with Crippen molar-refractivity contribution in [1.29, 1.82) is 0 Å². The van der Waals surface area contributed by atoms with E-state index in [1.54, 1.807) is 6.20 Å². The van der Waals surface area contributed by atoms with Gasteiger partial charge in [-0.3, -0.25) is 0 Å². The molecule has 0 aliphatic heterocycles. The Labute approximate surface area is 111 Å². The van der Waals surface area contributed by atoms with Crippen molar-refractivity contribution in [3.05, 3.63) is 23.9 Å². The molecule has 3 N–H and O–H groups in total. The zero-order chi connectivity index (χ0) is 13.8. The minimum Gasteiger partial charge on any atom is -0.383 e. The van der Waals surface area contributed by atoms with E-state index < -0.39 is 0 Å². The Morgan fingerprint density at radius 1 is 1.50 bits per heavy atom. The van der Waals surface area contributed by atoms with Crippen LogP contribution in [0.15, 0.2) is 18.3 Å². The molecule has 18 heavy (non-hydrogen) atoms. The van der Waals surface area contributed by atoms with Gasteiger partial charge in [-0.15, -0.1) is 0 Å². The molecule has 4 nitrogen and oxygen atoms in total. The van der Waals surface area contributed by atoms with Crippen molar-refractivity contribution in [3.63, 3.8) is 0 Å². The summed E-state index contributed by atoms with van der Waals surface area (Å²) in [6.07, 6.45) is 3.70. The molecule has 1 rings (SSSR count). The molecule has 0 fully saturated rings. The Morgan fingerprint density at radius 2 is 2.17 bits per heavy atom. The summed E-state index contributed by atoms with van der Waals surface area (Å²) in [5.74, 6) is 0.634. The van der Waals surface area contributed by atoms with Gasteiger partial charge in [-0.2, -0.15) is 0 Å². The van der Waals surface area contributed by atoms with Crippen LogP contribution in [0.25, 0.3) is 0 Å². The number of rotatable bonds is 6. The van der Waals surface area contributed by atoms with E-state index in [-0.39, 0.29) is 5.54 Å². The summed E-state index contributed by atoms with van der Waals surface area (Å²) in [7, 11) is 6.26. The summed E-state index contributed by atoms with van der Waals surface area (Å²) >= 11 is 0. The molecular formula is C14H26N4. The molecule has 0 amide bonds. The average Bonchev–Trinajstić information content (AvgIpc) is 2.36. The lowest BCUT2D eigenvalue weighted by atomic mass is 9.84. The van der Waals surface area contributed by atoms with E-state index in [4.69, 9.17) is 5.73 Å². The Morgan fingerprint density at radius 3 is 2.61 bits per heavy atom. The molecule has 0 saturated heterocycles.